The molecule has 0 bridgehead atoms. The molecule has 0 saturated carbocycles. The van der Waals surface area contributed by atoms with Crippen LogP contribution in [0.15, 0.2) is 42.5 Å². The third kappa shape index (κ3) is 6.66. The van der Waals surface area contributed by atoms with Crippen LogP contribution in [0.25, 0.3) is 0 Å². The van der Waals surface area contributed by atoms with E-state index in [1.807, 2.05) is 34.1 Å². The summed E-state index contributed by atoms with van der Waals surface area (Å²) in [5, 5.41) is -0.0501. The second-order valence-electron chi connectivity index (χ2n) is 7.42. The summed E-state index contributed by atoms with van der Waals surface area (Å²) in [5.74, 6) is 0.403. The third-order valence-electron chi connectivity index (χ3n) is 5.12. The predicted octanol–water partition coefficient (Wildman–Crippen LogP) is 4.09. The number of methoxy groups -OCH3 is 2. The summed E-state index contributed by atoms with van der Waals surface area (Å²) in [6, 6.07) is 11.2. The Labute approximate surface area is 186 Å². The molecule has 1 atom stereocenters. The Morgan fingerprint density at radius 2 is 1.87 bits per heavy atom. The minimum atomic E-state index is -0.617. The number of nitrogens with zero attached hydrogens (tertiary/aromatic N) is 2. The lowest BCUT2D eigenvalue weighted by Gasteiger charge is -2.28. The monoisotopic (exact) mass is 450 g/mol. The van der Waals surface area contributed by atoms with E-state index in [2.05, 4.69) is 0 Å². The Bertz CT molecular complexity index is 846. The Balaban J connectivity index is 1.70. The van der Waals surface area contributed by atoms with Gasteiger partial charge < -0.3 is 14.4 Å². The van der Waals surface area contributed by atoms with Gasteiger partial charge in [-0.15, -0.1) is 11.8 Å². The van der Waals surface area contributed by atoms with Crippen LogP contribution >= 0.6 is 11.8 Å². The quantitative estimate of drug-likeness (QED) is 0.510. The number of halogens is 2. The van der Waals surface area contributed by atoms with E-state index in [1.165, 1.54) is 12.1 Å². The highest BCUT2D eigenvalue weighted by molar-refractivity contribution is 7.99. The predicted molar refractivity (Wildman–Crippen MR) is 118 cm³/mol. The fraction of sp³-hybridized carbons (Fsp3) is 0.435. The zero-order valence-corrected chi connectivity index (χ0v) is 18.7. The summed E-state index contributed by atoms with van der Waals surface area (Å²) in [6.45, 7) is 2.27. The Hall–Kier alpha value is -2.16. The topological polar surface area (TPSA) is 42.0 Å². The molecule has 0 aliphatic carbocycles. The van der Waals surface area contributed by atoms with Crippen LogP contribution in [0, 0.1) is 11.6 Å². The normalized spacial score (nSPS) is 16.2. The number of amides is 1. The number of thioether (sulfide) groups is 1. The van der Waals surface area contributed by atoms with Crippen molar-refractivity contribution in [2.45, 2.75) is 18.3 Å². The first-order valence-corrected chi connectivity index (χ1v) is 11.3. The van der Waals surface area contributed by atoms with E-state index in [1.54, 1.807) is 26.0 Å². The number of carbonyl (C=O) groups excluding carboxylic acids is 1. The summed E-state index contributed by atoms with van der Waals surface area (Å²) in [5.41, 5.74) is 1.56. The van der Waals surface area contributed by atoms with Gasteiger partial charge in [0.05, 0.1) is 13.7 Å². The van der Waals surface area contributed by atoms with Crippen LogP contribution in [-0.2, 0) is 16.1 Å². The first kappa shape index (κ1) is 23.5. The average Bonchev–Trinajstić information content (AvgIpc) is 3.23. The Morgan fingerprint density at radius 3 is 2.52 bits per heavy atom. The van der Waals surface area contributed by atoms with Crippen molar-refractivity contribution in [3.8, 4) is 5.75 Å². The maximum absolute atomic E-state index is 13.6. The van der Waals surface area contributed by atoms with Gasteiger partial charge in [0.1, 0.15) is 22.8 Å². The van der Waals surface area contributed by atoms with Crippen molar-refractivity contribution in [1.29, 1.82) is 0 Å². The molecule has 0 radical (unpaired) electrons. The molecule has 1 unspecified atom stereocenters. The molecule has 3 rings (SSSR count). The molecule has 1 saturated heterocycles. The van der Waals surface area contributed by atoms with Crippen molar-refractivity contribution in [3.05, 3.63) is 65.2 Å². The third-order valence-corrected chi connectivity index (χ3v) is 6.38. The number of carbonyl (C=O) groups is 1. The maximum atomic E-state index is 13.6. The lowest BCUT2D eigenvalue weighted by atomic mass is 10.1. The Kier molecular flexibility index (Phi) is 8.69. The first-order chi connectivity index (χ1) is 15.0. The largest absolute Gasteiger partial charge is 0.497 e. The van der Waals surface area contributed by atoms with E-state index in [0.29, 0.717) is 25.3 Å². The molecule has 1 amide bonds. The highest BCUT2D eigenvalue weighted by atomic mass is 32.2. The van der Waals surface area contributed by atoms with E-state index in [9.17, 15) is 13.6 Å². The Morgan fingerprint density at radius 1 is 1.16 bits per heavy atom. The number of hydrogen-bond acceptors (Lipinski definition) is 5. The van der Waals surface area contributed by atoms with Gasteiger partial charge >= 0.3 is 0 Å². The second-order valence-corrected chi connectivity index (χ2v) is 8.61. The van der Waals surface area contributed by atoms with E-state index < -0.39 is 11.6 Å². The van der Waals surface area contributed by atoms with Crippen molar-refractivity contribution in [1.82, 2.24) is 9.80 Å². The second kappa shape index (κ2) is 11.5. The summed E-state index contributed by atoms with van der Waals surface area (Å²) in [4.78, 5) is 17.0. The van der Waals surface area contributed by atoms with Gasteiger partial charge in [0.15, 0.2) is 0 Å². The fourth-order valence-corrected chi connectivity index (χ4v) is 4.94. The molecule has 31 heavy (non-hydrogen) atoms. The molecule has 1 heterocycles. The lowest BCUT2D eigenvalue weighted by molar-refractivity contribution is -0.132. The van der Waals surface area contributed by atoms with Crippen molar-refractivity contribution < 1.29 is 23.0 Å². The minimum Gasteiger partial charge on any atom is -0.497 e. The zero-order chi connectivity index (χ0) is 22.2. The molecule has 1 fully saturated rings. The van der Waals surface area contributed by atoms with Crippen molar-refractivity contribution in [2.75, 3.05) is 46.2 Å². The number of hydrogen-bond donors (Lipinski definition) is 0. The van der Waals surface area contributed by atoms with E-state index in [0.717, 1.165) is 29.6 Å². The fourth-order valence-electron chi connectivity index (χ4n) is 3.66. The van der Waals surface area contributed by atoms with Gasteiger partial charge in [0.25, 0.3) is 0 Å². The molecule has 168 valence electrons. The van der Waals surface area contributed by atoms with Gasteiger partial charge in [0.2, 0.25) is 5.91 Å². The summed E-state index contributed by atoms with van der Waals surface area (Å²) in [7, 11) is 3.25. The number of rotatable bonds is 10. The first-order valence-electron chi connectivity index (χ1n) is 10.2. The van der Waals surface area contributed by atoms with Crippen molar-refractivity contribution in [2.24, 2.45) is 0 Å². The van der Waals surface area contributed by atoms with Gasteiger partial charge in [-0.25, -0.2) is 8.78 Å². The molecular formula is C23H28F2N2O3S. The standard InChI is InChI=1S/C23H28F2N2O3S/c1-29-10-3-8-26(15-17-12-19(24)14-20(25)13-17)16-22(28)27-9-11-31-23(27)18-4-6-21(30-2)7-5-18/h4-7,12-14,23H,3,8-11,15-16H2,1-2H3. The van der Waals surface area contributed by atoms with E-state index >= 15 is 0 Å². The van der Waals surface area contributed by atoms with Crippen LogP contribution in [0.1, 0.15) is 22.9 Å². The molecule has 1 aliphatic heterocycles. The van der Waals surface area contributed by atoms with Crippen LogP contribution in [-0.4, -0.2) is 61.9 Å². The summed E-state index contributed by atoms with van der Waals surface area (Å²) >= 11 is 1.73. The molecule has 5 nitrogen and oxygen atoms in total. The van der Waals surface area contributed by atoms with Crippen LogP contribution in [0.5, 0.6) is 5.75 Å². The highest BCUT2D eigenvalue weighted by Crippen LogP contribution is 2.38. The van der Waals surface area contributed by atoms with E-state index in [-0.39, 0.29) is 24.4 Å². The molecule has 0 N–H and O–H groups in total. The van der Waals surface area contributed by atoms with Crippen molar-refractivity contribution in [3.63, 3.8) is 0 Å². The van der Waals surface area contributed by atoms with Crippen LogP contribution < -0.4 is 4.74 Å². The lowest BCUT2D eigenvalue weighted by Crippen LogP contribution is -2.40. The minimum absolute atomic E-state index is 0.000102. The molecule has 1 aliphatic rings. The zero-order valence-electron chi connectivity index (χ0n) is 17.9. The smallest absolute Gasteiger partial charge is 0.237 e. The number of ether oxygens (including phenoxy) is 2. The summed E-state index contributed by atoms with van der Waals surface area (Å²) in [6.07, 6.45) is 0.720. The SMILES string of the molecule is COCCCN(CC(=O)N1CCSC1c1ccc(OC)cc1)Cc1cc(F)cc(F)c1. The van der Waals surface area contributed by atoms with Gasteiger partial charge in [-0.3, -0.25) is 9.69 Å². The number of benzene rings is 2. The van der Waals surface area contributed by atoms with Crippen molar-refractivity contribution >= 4 is 17.7 Å². The van der Waals surface area contributed by atoms with Gasteiger partial charge in [-0.1, -0.05) is 12.1 Å². The average molecular weight is 451 g/mol. The van der Waals surface area contributed by atoms with E-state index in [4.69, 9.17) is 9.47 Å². The molecular weight excluding hydrogens is 422 g/mol. The van der Waals surface area contributed by atoms with Gasteiger partial charge in [-0.2, -0.15) is 0 Å². The summed E-state index contributed by atoms with van der Waals surface area (Å²) < 4.78 is 37.6. The molecule has 2 aromatic carbocycles. The van der Waals surface area contributed by atoms with Gasteiger partial charge in [-0.05, 0) is 41.8 Å². The highest BCUT2D eigenvalue weighted by Gasteiger charge is 2.31. The van der Waals surface area contributed by atoms with Gasteiger partial charge in [0, 0.05) is 45.2 Å². The van der Waals surface area contributed by atoms with Crippen LogP contribution in [0.2, 0.25) is 0 Å². The van der Waals surface area contributed by atoms with Crippen LogP contribution in [0.3, 0.4) is 0 Å². The molecule has 8 heteroatoms. The van der Waals surface area contributed by atoms with Crippen LogP contribution in [0.4, 0.5) is 8.78 Å². The molecule has 2 aromatic rings. The molecule has 0 aromatic heterocycles. The maximum Gasteiger partial charge on any atom is 0.237 e. The molecule has 0 spiro atoms.